The van der Waals surface area contributed by atoms with Crippen LogP contribution in [-0.4, -0.2) is 43.8 Å². The molecule has 6 nitrogen and oxygen atoms in total. The monoisotopic (exact) mass is 465 g/mol. The lowest BCUT2D eigenvalue weighted by Crippen LogP contribution is -2.49. The SMILES string of the molecule is Cc1cc(-c2ccc3c(c2C)OC2(CC3)CCN(Cc3cccc(-c4ccn[nH]4)n3)CC2)ccn1. The van der Waals surface area contributed by atoms with Crippen molar-refractivity contribution in [1.29, 1.82) is 0 Å². The van der Waals surface area contributed by atoms with Crippen LogP contribution in [0.15, 0.2) is 60.9 Å². The zero-order chi connectivity index (χ0) is 23.8. The summed E-state index contributed by atoms with van der Waals surface area (Å²) in [4.78, 5) is 11.7. The molecule has 0 aliphatic carbocycles. The highest BCUT2D eigenvalue weighted by Gasteiger charge is 2.40. The van der Waals surface area contributed by atoms with Crippen molar-refractivity contribution >= 4 is 0 Å². The van der Waals surface area contributed by atoms with Crippen LogP contribution < -0.4 is 4.74 Å². The molecule has 0 radical (unpaired) electrons. The van der Waals surface area contributed by atoms with Crippen LogP contribution in [0.2, 0.25) is 0 Å². The minimum atomic E-state index is -0.0633. The smallest absolute Gasteiger partial charge is 0.126 e. The van der Waals surface area contributed by atoms with Crippen molar-refractivity contribution in [2.75, 3.05) is 13.1 Å². The van der Waals surface area contributed by atoms with Gasteiger partial charge in [-0.25, -0.2) is 4.98 Å². The number of aryl methyl sites for hydroxylation is 2. The van der Waals surface area contributed by atoms with E-state index in [2.05, 4.69) is 63.4 Å². The Morgan fingerprint density at radius 1 is 1.00 bits per heavy atom. The summed E-state index contributed by atoms with van der Waals surface area (Å²) in [5.41, 5.74) is 9.00. The lowest BCUT2D eigenvalue weighted by atomic mass is 9.82. The van der Waals surface area contributed by atoms with Crippen molar-refractivity contribution in [2.24, 2.45) is 0 Å². The van der Waals surface area contributed by atoms with Gasteiger partial charge in [-0.15, -0.1) is 0 Å². The van der Waals surface area contributed by atoms with Gasteiger partial charge in [0.05, 0.1) is 17.1 Å². The van der Waals surface area contributed by atoms with E-state index >= 15 is 0 Å². The lowest BCUT2D eigenvalue weighted by Gasteiger charge is -2.45. The highest BCUT2D eigenvalue weighted by molar-refractivity contribution is 5.71. The van der Waals surface area contributed by atoms with Gasteiger partial charge in [0.1, 0.15) is 11.4 Å². The van der Waals surface area contributed by atoms with Crippen LogP contribution in [0.5, 0.6) is 5.75 Å². The number of hydrogen-bond acceptors (Lipinski definition) is 5. The molecule has 178 valence electrons. The Hall–Kier alpha value is -3.51. The van der Waals surface area contributed by atoms with Crippen molar-refractivity contribution in [2.45, 2.75) is 51.7 Å². The molecule has 1 saturated heterocycles. The number of piperidine rings is 1. The Morgan fingerprint density at radius 2 is 1.89 bits per heavy atom. The fraction of sp³-hybridized carbons (Fsp3) is 0.345. The second-order valence-corrected chi connectivity index (χ2v) is 9.96. The molecule has 35 heavy (non-hydrogen) atoms. The maximum absolute atomic E-state index is 6.88. The van der Waals surface area contributed by atoms with Crippen LogP contribution in [0, 0.1) is 13.8 Å². The van der Waals surface area contributed by atoms with Crippen LogP contribution in [0.1, 0.15) is 41.8 Å². The molecule has 1 fully saturated rings. The number of nitrogens with zero attached hydrogens (tertiary/aromatic N) is 4. The van der Waals surface area contributed by atoms with Gasteiger partial charge in [0, 0.05) is 37.7 Å². The summed E-state index contributed by atoms with van der Waals surface area (Å²) < 4.78 is 6.88. The van der Waals surface area contributed by atoms with E-state index in [1.54, 1.807) is 6.20 Å². The molecule has 1 aromatic carbocycles. The van der Waals surface area contributed by atoms with E-state index < -0.39 is 0 Å². The number of likely N-dealkylation sites (tertiary alicyclic amines) is 1. The topological polar surface area (TPSA) is 66.9 Å². The van der Waals surface area contributed by atoms with Gasteiger partial charge >= 0.3 is 0 Å². The van der Waals surface area contributed by atoms with Crippen LogP contribution >= 0.6 is 0 Å². The summed E-state index contributed by atoms with van der Waals surface area (Å²) in [6, 6.07) is 16.9. The standard InChI is InChI=1S/C29H31N5O/c1-20-18-23(9-14-30-20)25-7-6-22-8-11-29(35-28(22)21(25)2)12-16-34(17-13-29)19-24-4-3-5-26(32-24)27-10-15-31-33-27/h3-7,9-10,14-15,18H,8,11-13,16-17,19H2,1-2H3,(H,31,33). The fourth-order valence-corrected chi connectivity index (χ4v) is 5.56. The number of aromatic nitrogens is 4. The molecular weight excluding hydrogens is 434 g/mol. The van der Waals surface area contributed by atoms with Gasteiger partial charge in [0.2, 0.25) is 0 Å². The first-order valence-electron chi connectivity index (χ1n) is 12.5. The Kier molecular flexibility index (Phi) is 5.61. The minimum Gasteiger partial charge on any atom is -0.487 e. The van der Waals surface area contributed by atoms with Crippen LogP contribution in [-0.2, 0) is 13.0 Å². The van der Waals surface area contributed by atoms with E-state index in [0.717, 1.165) is 73.8 Å². The van der Waals surface area contributed by atoms with E-state index in [0.29, 0.717) is 0 Å². The highest BCUT2D eigenvalue weighted by atomic mass is 16.5. The predicted molar refractivity (Wildman–Crippen MR) is 137 cm³/mol. The van der Waals surface area contributed by atoms with Crippen LogP contribution in [0.4, 0.5) is 0 Å². The van der Waals surface area contributed by atoms with E-state index in [9.17, 15) is 0 Å². The molecule has 1 spiro atoms. The Bertz CT molecular complexity index is 1340. The molecule has 2 aliphatic rings. The molecule has 0 amide bonds. The van der Waals surface area contributed by atoms with E-state index in [1.165, 1.54) is 22.3 Å². The molecule has 6 rings (SSSR count). The van der Waals surface area contributed by atoms with Gasteiger partial charge in [0.15, 0.2) is 0 Å². The molecule has 0 unspecified atom stereocenters. The number of H-pyrrole nitrogens is 1. The lowest BCUT2D eigenvalue weighted by molar-refractivity contribution is -0.0170. The maximum Gasteiger partial charge on any atom is 0.126 e. The third kappa shape index (κ3) is 4.34. The number of rotatable bonds is 4. The third-order valence-electron chi connectivity index (χ3n) is 7.60. The van der Waals surface area contributed by atoms with Crippen molar-refractivity contribution in [3.63, 3.8) is 0 Å². The molecule has 0 bridgehead atoms. The molecule has 3 aromatic heterocycles. The van der Waals surface area contributed by atoms with Gasteiger partial charge < -0.3 is 4.74 Å². The normalized spacial score (nSPS) is 17.2. The zero-order valence-electron chi connectivity index (χ0n) is 20.4. The molecular formula is C29H31N5O. The largest absolute Gasteiger partial charge is 0.487 e. The summed E-state index contributed by atoms with van der Waals surface area (Å²) in [5.74, 6) is 1.10. The predicted octanol–water partition coefficient (Wildman–Crippen LogP) is 5.51. The number of pyridine rings is 2. The summed E-state index contributed by atoms with van der Waals surface area (Å²) in [7, 11) is 0. The number of nitrogens with one attached hydrogen (secondary N) is 1. The zero-order valence-corrected chi connectivity index (χ0v) is 20.4. The summed E-state index contributed by atoms with van der Waals surface area (Å²) in [5, 5.41) is 7.06. The van der Waals surface area contributed by atoms with Crippen molar-refractivity contribution in [3.8, 4) is 28.3 Å². The Balaban J connectivity index is 1.16. The molecule has 0 atom stereocenters. The third-order valence-corrected chi connectivity index (χ3v) is 7.60. The van der Waals surface area contributed by atoms with Gasteiger partial charge in [-0.2, -0.15) is 5.10 Å². The first kappa shape index (κ1) is 22.0. The molecule has 1 N–H and O–H groups in total. The molecule has 5 heterocycles. The number of fused-ring (bicyclic) bond motifs is 1. The molecule has 6 heteroatoms. The van der Waals surface area contributed by atoms with Crippen LogP contribution in [0.3, 0.4) is 0 Å². The summed E-state index contributed by atoms with van der Waals surface area (Å²) in [6.45, 7) is 7.15. The van der Waals surface area contributed by atoms with Crippen molar-refractivity contribution < 1.29 is 4.74 Å². The summed E-state index contributed by atoms with van der Waals surface area (Å²) in [6.07, 6.45) is 7.92. The number of benzene rings is 1. The Morgan fingerprint density at radius 3 is 2.69 bits per heavy atom. The maximum atomic E-state index is 6.88. The van der Waals surface area contributed by atoms with Gasteiger partial charge in [-0.1, -0.05) is 18.2 Å². The minimum absolute atomic E-state index is 0.0633. The van der Waals surface area contributed by atoms with Gasteiger partial charge in [-0.05, 0) is 92.1 Å². The number of ether oxygens (including phenoxy) is 1. The number of hydrogen-bond donors (Lipinski definition) is 1. The van der Waals surface area contributed by atoms with E-state index in [4.69, 9.17) is 9.72 Å². The Labute approximate surface area is 206 Å². The molecule has 4 aromatic rings. The molecule has 0 saturated carbocycles. The van der Waals surface area contributed by atoms with E-state index in [1.807, 2.05) is 25.3 Å². The fourth-order valence-electron chi connectivity index (χ4n) is 5.56. The summed E-state index contributed by atoms with van der Waals surface area (Å²) >= 11 is 0. The first-order chi connectivity index (χ1) is 17.1. The van der Waals surface area contributed by atoms with Crippen molar-refractivity contribution in [1.82, 2.24) is 25.1 Å². The quantitative estimate of drug-likeness (QED) is 0.430. The van der Waals surface area contributed by atoms with Crippen molar-refractivity contribution in [3.05, 3.63) is 83.4 Å². The molecule has 2 aliphatic heterocycles. The average Bonchev–Trinajstić information content (AvgIpc) is 3.42. The van der Waals surface area contributed by atoms with Crippen LogP contribution in [0.25, 0.3) is 22.5 Å². The second kappa shape index (κ2) is 8.93. The second-order valence-electron chi connectivity index (χ2n) is 9.96. The van der Waals surface area contributed by atoms with E-state index in [-0.39, 0.29) is 5.60 Å². The average molecular weight is 466 g/mol. The van der Waals surface area contributed by atoms with Gasteiger partial charge in [0.25, 0.3) is 0 Å². The highest BCUT2D eigenvalue weighted by Crippen LogP contribution is 2.43. The number of aromatic amines is 1. The van der Waals surface area contributed by atoms with Gasteiger partial charge in [-0.3, -0.25) is 15.0 Å². The first-order valence-corrected chi connectivity index (χ1v) is 12.5.